The van der Waals surface area contributed by atoms with Gasteiger partial charge in [0.2, 0.25) is 0 Å². The minimum Gasteiger partial charge on any atom is -0.493 e. The molecule has 3 amide bonds. The minimum atomic E-state index is -0.560. The van der Waals surface area contributed by atoms with E-state index in [0.29, 0.717) is 36.0 Å². The highest BCUT2D eigenvalue weighted by molar-refractivity contribution is 6.32. The van der Waals surface area contributed by atoms with E-state index in [0.717, 1.165) is 21.9 Å². The first kappa shape index (κ1) is 21.0. The molecule has 2 aromatic rings. The molecule has 1 fully saturated rings. The van der Waals surface area contributed by atoms with Crippen molar-refractivity contribution >= 4 is 41.2 Å². The maximum absolute atomic E-state index is 11.7. The summed E-state index contributed by atoms with van der Waals surface area (Å²) < 4.78 is 11.6. The zero-order valence-electron chi connectivity index (χ0n) is 16.0. The van der Waals surface area contributed by atoms with Crippen molar-refractivity contribution in [3.05, 3.63) is 62.8 Å². The number of rotatable bonds is 7. The zero-order chi connectivity index (χ0) is 21.0. The standard InChI is InChI=1S/C21H20Cl2N2O4/c1-12-8-16(9-13(2)19(12)23)28-6-3-7-29-18-5-4-15(22)10-14(18)11-17-20(26)25-21(27)24-17/h4-5,8-11H,3,6-7H2,1-2H3,(H2,24,25,26,27). The normalized spacial score (nSPS) is 14.7. The first-order chi connectivity index (χ1) is 13.8. The molecule has 2 aromatic carbocycles. The molecule has 0 aliphatic carbocycles. The van der Waals surface area contributed by atoms with E-state index in [4.69, 9.17) is 32.7 Å². The highest BCUT2D eigenvalue weighted by atomic mass is 35.5. The van der Waals surface area contributed by atoms with Gasteiger partial charge in [0.05, 0.1) is 13.2 Å². The van der Waals surface area contributed by atoms with Gasteiger partial charge in [0, 0.05) is 22.0 Å². The topological polar surface area (TPSA) is 76.7 Å². The van der Waals surface area contributed by atoms with Crippen molar-refractivity contribution < 1.29 is 19.1 Å². The van der Waals surface area contributed by atoms with Crippen LogP contribution >= 0.6 is 23.2 Å². The number of hydrogen-bond donors (Lipinski definition) is 2. The molecule has 1 aliphatic rings. The molecule has 3 rings (SSSR count). The highest BCUT2D eigenvalue weighted by Gasteiger charge is 2.23. The van der Waals surface area contributed by atoms with Crippen LogP contribution in [0.25, 0.3) is 6.08 Å². The summed E-state index contributed by atoms with van der Waals surface area (Å²) >= 11 is 12.2. The number of carbonyl (C=O) groups is 2. The van der Waals surface area contributed by atoms with Gasteiger partial charge in [-0.2, -0.15) is 0 Å². The minimum absolute atomic E-state index is 0.138. The zero-order valence-corrected chi connectivity index (χ0v) is 17.5. The lowest BCUT2D eigenvalue weighted by atomic mass is 10.1. The summed E-state index contributed by atoms with van der Waals surface area (Å²) in [5.74, 6) is 0.821. The Morgan fingerprint density at radius 1 is 0.966 bits per heavy atom. The fourth-order valence-electron chi connectivity index (χ4n) is 2.82. The summed E-state index contributed by atoms with van der Waals surface area (Å²) in [6.07, 6.45) is 2.17. The van der Waals surface area contributed by atoms with E-state index in [1.54, 1.807) is 18.2 Å². The molecule has 0 unspecified atom stereocenters. The van der Waals surface area contributed by atoms with E-state index in [2.05, 4.69) is 10.6 Å². The summed E-state index contributed by atoms with van der Waals surface area (Å²) in [5, 5.41) is 5.83. The van der Waals surface area contributed by atoms with Crippen LogP contribution < -0.4 is 20.1 Å². The number of aryl methyl sites for hydroxylation is 2. The third-order valence-electron chi connectivity index (χ3n) is 4.22. The average molecular weight is 435 g/mol. The Balaban J connectivity index is 1.58. The van der Waals surface area contributed by atoms with Crippen molar-refractivity contribution in [2.45, 2.75) is 20.3 Å². The lowest BCUT2D eigenvalue weighted by Crippen LogP contribution is -2.22. The van der Waals surface area contributed by atoms with Gasteiger partial charge in [-0.05, 0) is 61.4 Å². The lowest BCUT2D eigenvalue weighted by Gasteiger charge is -2.12. The largest absolute Gasteiger partial charge is 0.493 e. The SMILES string of the molecule is Cc1cc(OCCCOc2ccc(Cl)cc2C=C2NC(=O)NC2=O)cc(C)c1Cl. The van der Waals surface area contributed by atoms with Gasteiger partial charge < -0.3 is 14.8 Å². The summed E-state index contributed by atoms with van der Waals surface area (Å²) in [6.45, 7) is 4.76. The van der Waals surface area contributed by atoms with Crippen molar-refractivity contribution in [2.75, 3.05) is 13.2 Å². The Morgan fingerprint density at radius 3 is 2.31 bits per heavy atom. The molecule has 0 atom stereocenters. The van der Waals surface area contributed by atoms with Gasteiger partial charge in [-0.3, -0.25) is 10.1 Å². The second kappa shape index (κ2) is 9.20. The number of benzene rings is 2. The molecule has 2 N–H and O–H groups in total. The predicted molar refractivity (Wildman–Crippen MR) is 113 cm³/mol. The Kier molecular flexibility index (Phi) is 6.67. The van der Waals surface area contributed by atoms with Crippen LogP contribution in [0.3, 0.4) is 0 Å². The number of ether oxygens (including phenoxy) is 2. The van der Waals surface area contributed by atoms with Crippen LogP contribution in [-0.2, 0) is 4.79 Å². The van der Waals surface area contributed by atoms with Crippen molar-refractivity contribution in [2.24, 2.45) is 0 Å². The van der Waals surface area contributed by atoms with Crippen LogP contribution in [0.15, 0.2) is 36.0 Å². The fraction of sp³-hybridized carbons (Fsp3) is 0.238. The number of carbonyl (C=O) groups excluding carboxylic acids is 2. The van der Waals surface area contributed by atoms with Gasteiger partial charge in [0.25, 0.3) is 5.91 Å². The Hall–Kier alpha value is -2.70. The van der Waals surface area contributed by atoms with Crippen molar-refractivity contribution in [3.8, 4) is 11.5 Å². The molecule has 0 aromatic heterocycles. The second-order valence-corrected chi connectivity index (χ2v) is 7.38. The van der Waals surface area contributed by atoms with Gasteiger partial charge in [0.15, 0.2) is 0 Å². The van der Waals surface area contributed by atoms with Gasteiger partial charge in [0.1, 0.15) is 17.2 Å². The average Bonchev–Trinajstić information content (AvgIpc) is 2.98. The molecule has 1 saturated heterocycles. The molecule has 0 bridgehead atoms. The third kappa shape index (κ3) is 5.43. The van der Waals surface area contributed by atoms with Crippen LogP contribution in [0.5, 0.6) is 11.5 Å². The molecule has 1 heterocycles. The van der Waals surface area contributed by atoms with Gasteiger partial charge in [-0.25, -0.2) is 4.79 Å². The lowest BCUT2D eigenvalue weighted by molar-refractivity contribution is -0.115. The number of amides is 3. The maximum atomic E-state index is 11.7. The summed E-state index contributed by atoms with van der Waals surface area (Å²) in [4.78, 5) is 23.0. The van der Waals surface area contributed by atoms with Crippen LogP contribution in [-0.4, -0.2) is 25.2 Å². The monoisotopic (exact) mass is 434 g/mol. The molecule has 0 radical (unpaired) electrons. The van der Waals surface area contributed by atoms with E-state index in [-0.39, 0.29) is 5.70 Å². The number of urea groups is 1. The number of hydrogen-bond acceptors (Lipinski definition) is 4. The van der Waals surface area contributed by atoms with E-state index < -0.39 is 11.9 Å². The molecular formula is C21H20Cl2N2O4. The molecule has 6 nitrogen and oxygen atoms in total. The van der Waals surface area contributed by atoms with E-state index >= 15 is 0 Å². The van der Waals surface area contributed by atoms with Crippen LogP contribution in [0, 0.1) is 13.8 Å². The van der Waals surface area contributed by atoms with Crippen molar-refractivity contribution in [1.29, 1.82) is 0 Å². The van der Waals surface area contributed by atoms with E-state index in [1.807, 2.05) is 26.0 Å². The maximum Gasteiger partial charge on any atom is 0.326 e. The second-order valence-electron chi connectivity index (χ2n) is 6.57. The Bertz CT molecular complexity index is 966. The molecule has 1 aliphatic heterocycles. The van der Waals surface area contributed by atoms with Crippen LogP contribution in [0.1, 0.15) is 23.1 Å². The van der Waals surface area contributed by atoms with Gasteiger partial charge in [-0.15, -0.1) is 0 Å². The predicted octanol–water partition coefficient (Wildman–Crippen LogP) is 4.64. The molecular weight excluding hydrogens is 415 g/mol. The number of halogens is 2. The number of imide groups is 1. The number of nitrogens with one attached hydrogen (secondary N) is 2. The molecule has 152 valence electrons. The molecule has 0 spiro atoms. The Morgan fingerprint density at radius 2 is 1.66 bits per heavy atom. The first-order valence-corrected chi connectivity index (χ1v) is 9.75. The Labute approximate surface area is 178 Å². The summed E-state index contributed by atoms with van der Waals surface area (Å²) in [6, 6.07) is 8.33. The van der Waals surface area contributed by atoms with Gasteiger partial charge >= 0.3 is 6.03 Å². The molecule has 0 saturated carbocycles. The summed E-state index contributed by atoms with van der Waals surface area (Å²) in [7, 11) is 0. The van der Waals surface area contributed by atoms with E-state index in [9.17, 15) is 9.59 Å². The molecule has 29 heavy (non-hydrogen) atoms. The van der Waals surface area contributed by atoms with Crippen LogP contribution in [0.4, 0.5) is 4.79 Å². The molecule has 8 heteroatoms. The van der Waals surface area contributed by atoms with Crippen LogP contribution in [0.2, 0.25) is 10.0 Å². The van der Waals surface area contributed by atoms with Gasteiger partial charge in [-0.1, -0.05) is 23.2 Å². The third-order valence-corrected chi connectivity index (χ3v) is 5.05. The smallest absolute Gasteiger partial charge is 0.326 e. The first-order valence-electron chi connectivity index (χ1n) is 8.99. The van der Waals surface area contributed by atoms with E-state index in [1.165, 1.54) is 6.08 Å². The van der Waals surface area contributed by atoms with Crippen molar-refractivity contribution in [1.82, 2.24) is 10.6 Å². The summed E-state index contributed by atoms with van der Waals surface area (Å²) in [5.41, 5.74) is 2.67. The highest BCUT2D eigenvalue weighted by Crippen LogP contribution is 2.27. The fourth-order valence-corrected chi connectivity index (χ4v) is 3.11. The van der Waals surface area contributed by atoms with Crippen molar-refractivity contribution in [3.63, 3.8) is 0 Å². The quantitative estimate of drug-likeness (QED) is 0.378.